The van der Waals surface area contributed by atoms with Gasteiger partial charge in [-0.15, -0.1) is 0 Å². The normalized spacial score (nSPS) is 11.1. The van der Waals surface area contributed by atoms with E-state index in [0.717, 1.165) is 0 Å². The number of rotatable bonds is 3. The summed E-state index contributed by atoms with van der Waals surface area (Å²) in [6.45, 7) is 12.3. The molecule has 0 aliphatic rings. The van der Waals surface area contributed by atoms with Gasteiger partial charge in [0.2, 0.25) is 0 Å². The van der Waals surface area contributed by atoms with Gasteiger partial charge in [-0.25, -0.2) is 9.79 Å². The molecule has 0 bridgehead atoms. The molecule has 0 aromatic carbocycles. The van der Waals surface area contributed by atoms with Gasteiger partial charge in [-0.1, -0.05) is 19.2 Å². The fourth-order valence-electron chi connectivity index (χ4n) is 0.596. The number of carbonyl (C=O) groups excluding carboxylic acids is 1. The second-order valence-corrected chi connectivity index (χ2v) is 3.59. The van der Waals surface area contributed by atoms with Gasteiger partial charge in [-0.2, -0.15) is 0 Å². The molecular weight excluding hydrogens is 180 g/mol. The topological polar surface area (TPSA) is 50.7 Å². The monoisotopic (exact) mass is 196 g/mol. The van der Waals surface area contributed by atoms with E-state index < -0.39 is 11.7 Å². The standard InChI is InChI=1S/C10H16N2O2/c1-6-7-11-8(2)12-9(13)14-10(3,4)5/h6-7H,1-2H2,3-5H3,(H,12,13). The molecule has 1 N–H and O–H groups in total. The number of amides is 1. The summed E-state index contributed by atoms with van der Waals surface area (Å²) in [4.78, 5) is 14.9. The van der Waals surface area contributed by atoms with Crippen LogP contribution < -0.4 is 5.32 Å². The average molecular weight is 196 g/mol. The summed E-state index contributed by atoms with van der Waals surface area (Å²) in [6, 6.07) is 0. The zero-order valence-corrected chi connectivity index (χ0v) is 8.83. The maximum absolute atomic E-state index is 11.1. The van der Waals surface area contributed by atoms with Gasteiger partial charge in [0.15, 0.2) is 0 Å². The first-order chi connectivity index (χ1) is 6.35. The lowest BCUT2D eigenvalue weighted by Gasteiger charge is -2.19. The van der Waals surface area contributed by atoms with Gasteiger partial charge in [0, 0.05) is 6.21 Å². The molecule has 0 spiro atoms. The third kappa shape index (κ3) is 7.09. The van der Waals surface area contributed by atoms with Crippen LogP contribution in [0.15, 0.2) is 30.0 Å². The van der Waals surface area contributed by atoms with Crippen LogP contribution in [0.3, 0.4) is 0 Å². The van der Waals surface area contributed by atoms with Crippen LogP contribution in [0.25, 0.3) is 0 Å². The first-order valence-corrected chi connectivity index (χ1v) is 4.19. The lowest BCUT2D eigenvalue weighted by atomic mass is 10.2. The molecule has 4 heteroatoms. The molecule has 0 aromatic rings. The highest BCUT2D eigenvalue weighted by atomic mass is 16.6. The Morgan fingerprint density at radius 1 is 1.50 bits per heavy atom. The number of carbonyl (C=O) groups is 1. The Morgan fingerprint density at radius 3 is 2.50 bits per heavy atom. The molecule has 0 rings (SSSR count). The second-order valence-electron chi connectivity index (χ2n) is 3.59. The number of nitrogens with one attached hydrogen (secondary N) is 1. The van der Waals surface area contributed by atoms with Crippen LogP contribution in [-0.4, -0.2) is 17.9 Å². The highest BCUT2D eigenvalue weighted by Crippen LogP contribution is 2.06. The first-order valence-electron chi connectivity index (χ1n) is 4.19. The average Bonchev–Trinajstić information content (AvgIpc) is 1.96. The van der Waals surface area contributed by atoms with Gasteiger partial charge in [0.25, 0.3) is 0 Å². The van der Waals surface area contributed by atoms with Crippen LogP contribution in [0.4, 0.5) is 4.79 Å². The molecule has 0 heterocycles. The van der Waals surface area contributed by atoms with Crippen LogP contribution in [0, 0.1) is 0 Å². The zero-order chi connectivity index (χ0) is 11.2. The van der Waals surface area contributed by atoms with Gasteiger partial charge >= 0.3 is 6.09 Å². The lowest BCUT2D eigenvalue weighted by molar-refractivity contribution is 0.0546. The van der Waals surface area contributed by atoms with Crippen molar-refractivity contribution in [3.05, 3.63) is 25.1 Å². The molecule has 4 nitrogen and oxygen atoms in total. The minimum atomic E-state index is -0.566. The SMILES string of the molecule is C=CC=NC(=C)NC(=O)OC(C)(C)C. The van der Waals surface area contributed by atoms with E-state index >= 15 is 0 Å². The molecule has 0 unspecified atom stereocenters. The largest absolute Gasteiger partial charge is 0.444 e. The Bertz CT molecular complexity index is 262. The number of aliphatic imine (C=N–C) groups is 1. The maximum atomic E-state index is 11.1. The van der Waals surface area contributed by atoms with Crippen molar-refractivity contribution in [2.75, 3.05) is 0 Å². The summed E-state index contributed by atoms with van der Waals surface area (Å²) in [5.41, 5.74) is -0.521. The second kappa shape index (κ2) is 5.21. The molecule has 0 atom stereocenters. The maximum Gasteiger partial charge on any atom is 0.413 e. The van der Waals surface area contributed by atoms with Crippen LogP contribution in [0.5, 0.6) is 0 Å². The van der Waals surface area contributed by atoms with Crippen molar-refractivity contribution in [3.8, 4) is 0 Å². The number of allylic oxidation sites excluding steroid dienone is 1. The lowest BCUT2D eigenvalue weighted by Crippen LogP contribution is -2.31. The minimum Gasteiger partial charge on any atom is -0.444 e. The molecular formula is C10H16N2O2. The number of ether oxygens (including phenoxy) is 1. The molecule has 78 valence electrons. The van der Waals surface area contributed by atoms with E-state index in [9.17, 15) is 4.79 Å². The van der Waals surface area contributed by atoms with E-state index in [0.29, 0.717) is 0 Å². The third-order valence-corrected chi connectivity index (χ3v) is 0.981. The van der Waals surface area contributed by atoms with Crippen LogP contribution in [0.1, 0.15) is 20.8 Å². The quantitative estimate of drug-likeness (QED) is 0.704. The van der Waals surface area contributed by atoms with Gasteiger partial charge in [-0.05, 0) is 20.8 Å². The van der Waals surface area contributed by atoms with Gasteiger partial charge in [-0.3, -0.25) is 5.32 Å². The summed E-state index contributed by atoms with van der Waals surface area (Å²) >= 11 is 0. The Hall–Kier alpha value is -1.58. The van der Waals surface area contributed by atoms with E-state index in [1.165, 1.54) is 12.3 Å². The molecule has 0 saturated heterocycles. The highest BCUT2D eigenvalue weighted by molar-refractivity contribution is 5.73. The Morgan fingerprint density at radius 2 is 2.07 bits per heavy atom. The van der Waals surface area contributed by atoms with E-state index in [4.69, 9.17) is 4.74 Å². The highest BCUT2D eigenvalue weighted by Gasteiger charge is 2.15. The zero-order valence-electron chi connectivity index (χ0n) is 8.83. The molecule has 0 fully saturated rings. The smallest absolute Gasteiger partial charge is 0.413 e. The Kier molecular flexibility index (Phi) is 4.63. The van der Waals surface area contributed by atoms with Crippen molar-refractivity contribution in [2.24, 2.45) is 4.99 Å². The predicted molar refractivity (Wildman–Crippen MR) is 57.2 cm³/mol. The predicted octanol–water partition coefficient (Wildman–Crippen LogP) is 2.24. The molecule has 0 aliphatic carbocycles. The Balaban J connectivity index is 4.01. The summed E-state index contributed by atoms with van der Waals surface area (Å²) < 4.78 is 4.98. The summed E-state index contributed by atoms with van der Waals surface area (Å²) in [6.07, 6.45) is 2.35. The molecule has 0 aliphatic heterocycles. The number of hydrogen-bond acceptors (Lipinski definition) is 3. The van der Waals surface area contributed by atoms with Crippen molar-refractivity contribution in [3.63, 3.8) is 0 Å². The minimum absolute atomic E-state index is 0.221. The van der Waals surface area contributed by atoms with Crippen molar-refractivity contribution >= 4 is 12.3 Å². The van der Waals surface area contributed by atoms with Crippen molar-refractivity contribution in [2.45, 2.75) is 26.4 Å². The summed E-state index contributed by atoms with van der Waals surface area (Å²) in [5.74, 6) is 0.221. The van der Waals surface area contributed by atoms with Gasteiger partial charge in [0.05, 0.1) is 0 Å². The van der Waals surface area contributed by atoms with Crippen LogP contribution in [-0.2, 0) is 4.74 Å². The van der Waals surface area contributed by atoms with E-state index in [1.807, 2.05) is 0 Å². The summed E-state index contributed by atoms with van der Waals surface area (Å²) in [5, 5.41) is 2.37. The van der Waals surface area contributed by atoms with Crippen LogP contribution in [0.2, 0.25) is 0 Å². The Labute approximate surface area is 84.4 Å². The molecule has 0 aromatic heterocycles. The van der Waals surface area contributed by atoms with Crippen molar-refractivity contribution < 1.29 is 9.53 Å². The fraction of sp³-hybridized carbons (Fsp3) is 0.400. The number of hydrogen-bond donors (Lipinski definition) is 1. The molecule has 1 amide bonds. The first kappa shape index (κ1) is 12.4. The number of nitrogens with zero attached hydrogens (tertiary/aromatic N) is 1. The van der Waals surface area contributed by atoms with Gasteiger partial charge < -0.3 is 4.74 Å². The fourth-order valence-corrected chi connectivity index (χ4v) is 0.596. The third-order valence-electron chi connectivity index (χ3n) is 0.981. The number of alkyl carbamates (subject to hydrolysis) is 1. The van der Waals surface area contributed by atoms with Gasteiger partial charge in [0.1, 0.15) is 11.4 Å². The van der Waals surface area contributed by atoms with Crippen molar-refractivity contribution in [1.82, 2.24) is 5.32 Å². The molecule has 0 saturated carbocycles. The van der Waals surface area contributed by atoms with E-state index in [1.54, 1.807) is 20.8 Å². The molecule has 14 heavy (non-hydrogen) atoms. The summed E-state index contributed by atoms with van der Waals surface area (Å²) in [7, 11) is 0. The molecule has 0 radical (unpaired) electrons. The van der Waals surface area contributed by atoms with Crippen LogP contribution >= 0.6 is 0 Å². The van der Waals surface area contributed by atoms with E-state index in [2.05, 4.69) is 23.5 Å². The van der Waals surface area contributed by atoms with E-state index in [-0.39, 0.29) is 5.82 Å². The van der Waals surface area contributed by atoms with Crippen molar-refractivity contribution in [1.29, 1.82) is 0 Å².